The summed E-state index contributed by atoms with van der Waals surface area (Å²) < 4.78 is 1.06. The van der Waals surface area contributed by atoms with Crippen molar-refractivity contribution in [1.82, 2.24) is 9.88 Å². The topological polar surface area (TPSA) is 45.4 Å². The van der Waals surface area contributed by atoms with E-state index in [2.05, 4.69) is 50.9 Å². The van der Waals surface area contributed by atoms with Gasteiger partial charge in [-0.25, -0.2) is 0 Å². The Balaban J connectivity index is 2.02. The third-order valence-corrected chi connectivity index (χ3v) is 4.91. The molecule has 3 rings (SSSR count). The molecule has 1 aromatic carbocycles. The molecule has 21 heavy (non-hydrogen) atoms. The minimum atomic E-state index is 0.535. The van der Waals surface area contributed by atoms with E-state index in [4.69, 9.17) is 5.73 Å². The molecule has 112 valence electrons. The van der Waals surface area contributed by atoms with Gasteiger partial charge in [0.25, 0.3) is 0 Å². The molecule has 0 aliphatic carbocycles. The highest BCUT2D eigenvalue weighted by Gasteiger charge is 2.23. The molecular weight excluding hydrogens is 328 g/mol. The monoisotopic (exact) mass is 348 g/mol. The van der Waals surface area contributed by atoms with Gasteiger partial charge < -0.3 is 15.5 Å². The van der Waals surface area contributed by atoms with Crippen molar-refractivity contribution < 1.29 is 0 Å². The van der Waals surface area contributed by atoms with Crippen molar-refractivity contribution in [2.75, 3.05) is 37.8 Å². The number of piperidine rings is 1. The average molecular weight is 349 g/mol. The van der Waals surface area contributed by atoms with Crippen LogP contribution in [0.2, 0.25) is 0 Å². The van der Waals surface area contributed by atoms with Gasteiger partial charge in [0.1, 0.15) is 0 Å². The maximum Gasteiger partial charge on any atom is 0.0745 e. The van der Waals surface area contributed by atoms with Crippen molar-refractivity contribution in [3.8, 4) is 0 Å². The molecule has 0 unspecified atom stereocenters. The van der Waals surface area contributed by atoms with E-state index >= 15 is 0 Å². The van der Waals surface area contributed by atoms with E-state index in [1.165, 1.54) is 12.8 Å². The Hall–Kier alpha value is -1.33. The van der Waals surface area contributed by atoms with Crippen LogP contribution in [0.1, 0.15) is 12.8 Å². The van der Waals surface area contributed by atoms with Crippen LogP contribution in [0.3, 0.4) is 0 Å². The minimum Gasteiger partial charge on any atom is -0.396 e. The first-order valence-electron chi connectivity index (χ1n) is 7.31. The van der Waals surface area contributed by atoms with Gasteiger partial charge in [-0.3, -0.25) is 4.98 Å². The molecule has 0 radical (unpaired) electrons. The van der Waals surface area contributed by atoms with Crippen LogP contribution in [0.25, 0.3) is 10.9 Å². The summed E-state index contributed by atoms with van der Waals surface area (Å²) in [4.78, 5) is 9.17. The highest BCUT2D eigenvalue weighted by Crippen LogP contribution is 2.35. The fraction of sp³-hybridized carbons (Fsp3) is 0.438. The lowest BCUT2D eigenvalue weighted by Crippen LogP contribution is -2.42. The van der Waals surface area contributed by atoms with Gasteiger partial charge in [0, 0.05) is 22.9 Å². The highest BCUT2D eigenvalue weighted by molar-refractivity contribution is 9.10. The van der Waals surface area contributed by atoms with Crippen molar-refractivity contribution in [3.63, 3.8) is 0 Å². The zero-order valence-electron chi connectivity index (χ0n) is 12.5. The number of aromatic nitrogens is 1. The Kier molecular flexibility index (Phi) is 4.04. The number of pyridine rings is 1. The number of fused-ring (bicyclic) bond motifs is 1. The molecule has 0 amide bonds. The summed E-state index contributed by atoms with van der Waals surface area (Å²) in [5, 5.41) is 1.12. The molecular formula is C16H21BrN4. The molecule has 2 aromatic rings. The average Bonchev–Trinajstić information content (AvgIpc) is 2.47. The Morgan fingerprint density at radius 1 is 1.33 bits per heavy atom. The second-order valence-corrected chi connectivity index (χ2v) is 6.78. The van der Waals surface area contributed by atoms with Gasteiger partial charge >= 0.3 is 0 Å². The number of nitrogens with two attached hydrogens (primary N) is 1. The van der Waals surface area contributed by atoms with Crippen molar-refractivity contribution in [1.29, 1.82) is 0 Å². The van der Waals surface area contributed by atoms with Crippen LogP contribution in [-0.4, -0.2) is 43.1 Å². The van der Waals surface area contributed by atoms with E-state index in [0.29, 0.717) is 6.04 Å². The number of nitrogen functional groups attached to an aromatic ring is 1. The van der Waals surface area contributed by atoms with Gasteiger partial charge in [-0.15, -0.1) is 0 Å². The summed E-state index contributed by atoms with van der Waals surface area (Å²) in [6.45, 7) is 2.28. The summed E-state index contributed by atoms with van der Waals surface area (Å²) in [5.74, 6) is 0. The maximum absolute atomic E-state index is 6.24. The maximum atomic E-state index is 6.24. The second kappa shape index (κ2) is 5.81. The van der Waals surface area contributed by atoms with Crippen molar-refractivity contribution in [2.24, 2.45) is 0 Å². The number of likely N-dealkylation sites (tertiary alicyclic amines) is 1. The molecule has 1 aromatic heterocycles. The largest absolute Gasteiger partial charge is 0.396 e. The highest BCUT2D eigenvalue weighted by atomic mass is 79.9. The third-order valence-electron chi connectivity index (χ3n) is 4.42. The summed E-state index contributed by atoms with van der Waals surface area (Å²) in [7, 11) is 4.34. The predicted molar refractivity (Wildman–Crippen MR) is 92.8 cm³/mol. The molecule has 2 heterocycles. The molecule has 1 aliphatic heterocycles. The molecule has 0 saturated carbocycles. The second-order valence-electron chi connectivity index (χ2n) is 5.87. The van der Waals surface area contributed by atoms with Gasteiger partial charge in [0.2, 0.25) is 0 Å². The first-order chi connectivity index (χ1) is 10.1. The number of halogens is 1. The molecule has 1 saturated heterocycles. The fourth-order valence-corrected chi connectivity index (χ4v) is 3.49. The van der Waals surface area contributed by atoms with Crippen molar-refractivity contribution in [2.45, 2.75) is 18.9 Å². The smallest absolute Gasteiger partial charge is 0.0745 e. The molecule has 0 spiro atoms. The summed E-state index contributed by atoms with van der Waals surface area (Å²) in [6, 6.07) is 6.70. The number of rotatable bonds is 2. The standard InChI is InChI=1S/C16H21BrN4/c1-20-7-5-12(6-8-20)21(2)16-13-9-11(17)3-4-15(13)19-10-14(16)18/h3-4,9-10,12H,5-8,18H2,1-2H3. The lowest BCUT2D eigenvalue weighted by atomic mass is 10.0. The van der Waals surface area contributed by atoms with Crippen LogP contribution in [-0.2, 0) is 0 Å². The zero-order valence-corrected chi connectivity index (χ0v) is 14.1. The number of hydrogen-bond donors (Lipinski definition) is 1. The van der Waals surface area contributed by atoms with E-state index in [1.807, 2.05) is 12.1 Å². The van der Waals surface area contributed by atoms with Crippen LogP contribution >= 0.6 is 15.9 Å². The molecule has 4 nitrogen and oxygen atoms in total. The van der Waals surface area contributed by atoms with Crippen LogP contribution in [0, 0.1) is 0 Å². The predicted octanol–water partition coefficient (Wildman–Crippen LogP) is 3.11. The van der Waals surface area contributed by atoms with Crippen LogP contribution in [0.5, 0.6) is 0 Å². The Bertz CT molecular complexity index is 645. The number of benzene rings is 1. The van der Waals surface area contributed by atoms with E-state index in [0.717, 1.165) is 39.8 Å². The molecule has 1 fully saturated rings. The Morgan fingerprint density at radius 3 is 2.76 bits per heavy atom. The quantitative estimate of drug-likeness (QED) is 0.905. The van der Waals surface area contributed by atoms with Gasteiger partial charge in [-0.1, -0.05) is 15.9 Å². The van der Waals surface area contributed by atoms with Crippen LogP contribution < -0.4 is 10.6 Å². The van der Waals surface area contributed by atoms with E-state index in [1.54, 1.807) is 6.20 Å². The van der Waals surface area contributed by atoms with Gasteiger partial charge in [0.05, 0.1) is 23.1 Å². The molecule has 5 heteroatoms. The number of nitrogens with zero attached hydrogens (tertiary/aromatic N) is 3. The van der Waals surface area contributed by atoms with Gasteiger partial charge in [-0.2, -0.15) is 0 Å². The fourth-order valence-electron chi connectivity index (χ4n) is 3.12. The van der Waals surface area contributed by atoms with E-state index in [-0.39, 0.29) is 0 Å². The Labute approximate surface area is 134 Å². The Morgan fingerprint density at radius 2 is 2.05 bits per heavy atom. The summed E-state index contributed by atoms with van der Waals surface area (Å²) in [6.07, 6.45) is 4.12. The van der Waals surface area contributed by atoms with Gasteiger partial charge in [-0.05, 0) is 51.2 Å². The number of hydrogen-bond acceptors (Lipinski definition) is 4. The third kappa shape index (κ3) is 2.85. The van der Waals surface area contributed by atoms with Gasteiger partial charge in [0.15, 0.2) is 0 Å². The first-order valence-corrected chi connectivity index (χ1v) is 8.10. The first kappa shape index (κ1) is 14.6. The van der Waals surface area contributed by atoms with E-state index < -0.39 is 0 Å². The SMILES string of the molecule is CN1CCC(N(C)c2c(N)cnc3ccc(Br)cc23)CC1. The molecule has 0 atom stereocenters. The molecule has 2 N–H and O–H groups in total. The van der Waals surface area contributed by atoms with E-state index in [9.17, 15) is 0 Å². The van der Waals surface area contributed by atoms with Crippen molar-refractivity contribution >= 4 is 38.2 Å². The normalized spacial score (nSPS) is 17.3. The lowest BCUT2D eigenvalue weighted by molar-refractivity contribution is 0.253. The molecule has 0 bridgehead atoms. The van der Waals surface area contributed by atoms with Crippen LogP contribution in [0.4, 0.5) is 11.4 Å². The lowest BCUT2D eigenvalue weighted by Gasteiger charge is -2.37. The summed E-state index contributed by atoms with van der Waals surface area (Å²) >= 11 is 3.55. The van der Waals surface area contributed by atoms with Crippen LogP contribution in [0.15, 0.2) is 28.9 Å². The molecule has 1 aliphatic rings. The number of anilines is 2. The minimum absolute atomic E-state index is 0.535. The van der Waals surface area contributed by atoms with Crippen molar-refractivity contribution in [3.05, 3.63) is 28.9 Å². The zero-order chi connectivity index (χ0) is 15.0. The summed E-state index contributed by atoms with van der Waals surface area (Å²) in [5.41, 5.74) is 9.09.